The second kappa shape index (κ2) is 6.93. The molecule has 2 heteroatoms. The number of hydrogen-bond acceptors (Lipinski definition) is 1. The highest BCUT2D eigenvalue weighted by Gasteiger charge is 2.43. The van der Waals surface area contributed by atoms with E-state index in [2.05, 4.69) is 32.6 Å². The van der Waals surface area contributed by atoms with Crippen LogP contribution in [0.3, 0.4) is 0 Å². The highest BCUT2D eigenvalue weighted by Crippen LogP contribution is 2.50. The lowest BCUT2D eigenvalue weighted by Crippen LogP contribution is -2.45. The van der Waals surface area contributed by atoms with Gasteiger partial charge < -0.3 is 4.90 Å². The summed E-state index contributed by atoms with van der Waals surface area (Å²) in [5.74, 6) is 1.12. The number of carbonyl (C=O) groups is 1. The van der Waals surface area contributed by atoms with Crippen LogP contribution >= 0.6 is 0 Å². The quantitative estimate of drug-likeness (QED) is 0.665. The van der Waals surface area contributed by atoms with Crippen molar-refractivity contribution in [2.45, 2.75) is 98.4 Å². The molecule has 2 fully saturated rings. The third kappa shape index (κ3) is 4.06. The molecule has 0 heterocycles. The molecule has 2 unspecified atom stereocenters. The summed E-state index contributed by atoms with van der Waals surface area (Å²) in [5, 5.41) is 0. The zero-order chi connectivity index (χ0) is 16.4. The molecule has 0 radical (unpaired) electrons. The molecule has 0 aromatic rings. The van der Waals surface area contributed by atoms with E-state index in [9.17, 15) is 4.79 Å². The number of rotatable bonds is 5. The fourth-order valence-electron chi connectivity index (χ4n) is 4.72. The van der Waals surface area contributed by atoms with Crippen LogP contribution in [0.5, 0.6) is 0 Å². The smallest absolute Gasteiger partial charge is 0.219 e. The normalized spacial score (nSPS) is 30.5. The first-order valence-corrected chi connectivity index (χ1v) is 9.55. The lowest BCUT2D eigenvalue weighted by atomic mass is 9.74. The number of nitrogens with zero attached hydrogens (tertiary/aromatic N) is 1. The Labute approximate surface area is 138 Å². The van der Waals surface area contributed by atoms with Crippen molar-refractivity contribution in [2.24, 2.45) is 16.7 Å². The second-order valence-corrected chi connectivity index (χ2v) is 9.03. The van der Waals surface area contributed by atoms with Gasteiger partial charge >= 0.3 is 0 Å². The van der Waals surface area contributed by atoms with E-state index < -0.39 is 0 Å². The Morgan fingerprint density at radius 3 is 2.36 bits per heavy atom. The van der Waals surface area contributed by atoms with Gasteiger partial charge in [-0.15, -0.1) is 0 Å². The van der Waals surface area contributed by atoms with Gasteiger partial charge in [-0.25, -0.2) is 0 Å². The molecule has 0 N–H and O–H groups in total. The van der Waals surface area contributed by atoms with E-state index in [1.54, 1.807) is 6.92 Å². The maximum atomic E-state index is 12.2. The van der Waals surface area contributed by atoms with Crippen molar-refractivity contribution in [3.63, 3.8) is 0 Å². The molecule has 2 saturated carbocycles. The number of hydrogen-bond donors (Lipinski definition) is 0. The fraction of sp³-hybridized carbons (Fsp3) is 0.950. The fourth-order valence-corrected chi connectivity index (χ4v) is 4.72. The van der Waals surface area contributed by atoms with Gasteiger partial charge in [-0.1, -0.05) is 53.4 Å². The summed E-state index contributed by atoms with van der Waals surface area (Å²) in [6.45, 7) is 12.4. The monoisotopic (exact) mass is 307 g/mol. The first-order chi connectivity index (χ1) is 10.3. The van der Waals surface area contributed by atoms with Crippen LogP contribution in [0.2, 0.25) is 0 Å². The minimum absolute atomic E-state index is 0.298. The lowest BCUT2D eigenvalue weighted by molar-refractivity contribution is -0.133. The summed E-state index contributed by atoms with van der Waals surface area (Å²) in [4.78, 5) is 14.5. The van der Waals surface area contributed by atoms with Gasteiger partial charge in [-0.2, -0.15) is 0 Å². The van der Waals surface area contributed by atoms with E-state index in [0.29, 0.717) is 22.8 Å². The SMILES string of the molecule is CCC(C)(C)C1CCC(C)(CN(C(C)=O)C2CCCCC2)C1. The van der Waals surface area contributed by atoms with Crippen molar-refractivity contribution in [3.05, 3.63) is 0 Å². The predicted molar refractivity (Wildman–Crippen MR) is 93.8 cm³/mol. The zero-order valence-electron chi connectivity index (χ0n) is 15.6. The van der Waals surface area contributed by atoms with Crippen LogP contribution in [0.4, 0.5) is 0 Å². The maximum absolute atomic E-state index is 12.2. The van der Waals surface area contributed by atoms with Crippen molar-refractivity contribution in [1.29, 1.82) is 0 Å². The highest BCUT2D eigenvalue weighted by atomic mass is 16.2. The summed E-state index contributed by atoms with van der Waals surface area (Å²) >= 11 is 0. The summed E-state index contributed by atoms with van der Waals surface area (Å²) in [5.41, 5.74) is 0.782. The van der Waals surface area contributed by atoms with Gasteiger partial charge in [0, 0.05) is 19.5 Å². The molecule has 0 saturated heterocycles. The van der Waals surface area contributed by atoms with Crippen LogP contribution in [-0.2, 0) is 4.79 Å². The maximum Gasteiger partial charge on any atom is 0.219 e. The average molecular weight is 308 g/mol. The molecule has 2 nitrogen and oxygen atoms in total. The van der Waals surface area contributed by atoms with Gasteiger partial charge in [0.05, 0.1) is 0 Å². The summed E-state index contributed by atoms with van der Waals surface area (Å²) in [7, 11) is 0. The Bertz CT molecular complexity index is 383. The first-order valence-electron chi connectivity index (χ1n) is 9.55. The molecule has 2 aliphatic rings. The summed E-state index contributed by atoms with van der Waals surface area (Å²) < 4.78 is 0. The van der Waals surface area contributed by atoms with Crippen LogP contribution in [0.25, 0.3) is 0 Å². The Kier molecular flexibility index (Phi) is 5.61. The molecule has 22 heavy (non-hydrogen) atoms. The van der Waals surface area contributed by atoms with Crippen molar-refractivity contribution in [1.82, 2.24) is 4.90 Å². The molecule has 2 atom stereocenters. The third-order valence-corrected chi connectivity index (χ3v) is 6.82. The molecule has 2 aliphatic carbocycles. The van der Waals surface area contributed by atoms with Crippen LogP contribution in [-0.4, -0.2) is 23.4 Å². The Hall–Kier alpha value is -0.530. The molecule has 0 bridgehead atoms. The zero-order valence-corrected chi connectivity index (χ0v) is 15.6. The van der Waals surface area contributed by atoms with Gasteiger partial charge in [-0.05, 0) is 48.9 Å². The predicted octanol–water partition coefficient (Wildman–Crippen LogP) is 5.41. The molecule has 128 valence electrons. The molecule has 0 aromatic heterocycles. The second-order valence-electron chi connectivity index (χ2n) is 9.03. The van der Waals surface area contributed by atoms with Gasteiger partial charge in [0.25, 0.3) is 0 Å². The topological polar surface area (TPSA) is 20.3 Å². The van der Waals surface area contributed by atoms with E-state index >= 15 is 0 Å². The highest BCUT2D eigenvalue weighted by molar-refractivity contribution is 5.73. The molecule has 0 spiro atoms. The Morgan fingerprint density at radius 2 is 1.82 bits per heavy atom. The lowest BCUT2D eigenvalue weighted by Gasteiger charge is -2.40. The van der Waals surface area contributed by atoms with Crippen molar-refractivity contribution < 1.29 is 4.79 Å². The van der Waals surface area contributed by atoms with E-state index in [0.717, 1.165) is 12.5 Å². The Balaban J connectivity index is 2.02. The molecular weight excluding hydrogens is 270 g/mol. The van der Waals surface area contributed by atoms with Crippen molar-refractivity contribution >= 4 is 5.91 Å². The molecular formula is C20H37NO. The summed E-state index contributed by atoms with van der Waals surface area (Å²) in [6, 6.07) is 0.515. The van der Waals surface area contributed by atoms with Gasteiger partial charge in [0.2, 0.25) is 5.91 Å². The standard InChI is InChI=1S/C20H37NO/c1-6-19(3,4)17-12-13-20(5,14-17)15-21(16(2)22)18-10-8-7-9-11-18/h17-18H,6-15H2,1-5H3. The number of amides is 1. The van der Waals surface area contributed by atoms with Crippen LogP contribution in [0, 0.1) is 16.7 Å². The summed E-state index contributed by atoms with van der Waals surface area (Å²) in [6.07, 6.45) is 11.6. The third-order valence-electron chi connectivity index (χ3n) is 6.82. The Morgan fingerprint density at radius 1 is 1.18 bits per heavy atom. The van der Waals surface area contributed by atoms with Crippen LogP contribution < -0.4 is 0 Å². The molecule has 2 rings (SSSR count). The molecule has 1 amide bonds. The molecule has 0 aliphatic heterocycles. The van der Waals surface area contributed by atoms with Crippen molar-refractivity contribution in [2.75, 3.05) is 6.54 Å². The van der Waals surface area contributed by atoms with Crippen LogP contribution in [0.1, 0.15) is 92.4 Å². The van der Waals surface area contributed by atoms with Crippen molar-refractivity contribution in [3.8, 4) is 0 Å². The largest absolute Gasteiger partial charge is 0.339 e. The van der Waals surface area contributed by atoms with Gasteiger partial charge in [0.15, 0.2) is 0 Å². The minimum atomic E-state index is 0.298. The molecule has 0 aromatic carbocycles. The average Bonchev–Trinajstić information content (AvgIpc) is 2.89. The van der Waals surface area contributed by atoms with Crippen LogP contribution in [0.15, 0.2) is 0 Å². The van der Waals surface area contributed by atoms with E-state index in [4.69, 9.17) is 0 Å². The van der Waals surface area contributed by atoms with Gasteiger partial charge in [-0.3, -0.25) is 4.79 Å². The van der Waals surface area contributed by atoms with E-state index in [1.165, 1.54) is 57.8 Å². The first kappa shape index (κ1) is 17.8. The van der Waals surface area contributed by atoms with E-state index in [1.807, 2.05) is 0 Å². The minimum Gasteiger partial charge on any atom is -0.339 e. The van der Waals surface area contributed by atoms with E-state index in [-0.39, 0.29) is 0 Å². The van der Waals surface area contributed by atoms with Gasteiger partial charge in [0.1, 0.15) is 0 Å². The number of carbonyl (C=O) groups excluding carboxylic acids is 1.